The van der Waals surface area contributed by atoms with Crippen molar-refractivity contribution in [1.82, 2.24) is 10.6 Å². The molecule has 2 aromatic carbocycles. The fraction of sp³-hybridized carbons (Fsp3) is 0.238. The molecule has 0 saturated carbocycles. The Balaban J connectivity index is 1.73. The zero-order chi connectivity index (χ0) is 19.6. The van der Waals surface area contributed by atoms with E-state index >= 15 is 0 Å². The molecular weight excluding hydrogens is 347 g/mol. The number of rotatable bonds is 8. The molecule has 2 N–H and O–H groups in total. The predicted octanol–water partition coefficient (Wildman–Crippen LogP) is 2.63. The lowest BCUT2D eigenvalue weighted by molar-refractivity contribution is -0.121. The standard InChI is InChI=1S/C21H23FN2O3/c1-15-6-8-19(27-2)17(12-15)7-9-20(25)23-10-11-24-21(26)14-16-4-3-5-18(22)13-16/h3-9,12-13H,10-11,14H2,1-2H3,(H,23,25)(H,24,26)/b9-7+. The molecule has 0 spiro atoms. The van der Waals surface area contributed by atoms with Gasteiger partial charge in [0.05, 0.1) is 13.5 Å². The number of hydrogen-bond donors (Lipinski definition) is 2. The molecule has 142 valence electrons. The number of hydrogen-bond acceptors (Lipinski definition) is 3. The molecule has 0 aliphatic carbocycles. The van der Waals surface area contributed by atoms with Gasteiger partial charge in [0.2, 0.25) is 11.8 Å². The lowest BCUT2D eigenvalue weighted by atomic mass is 10.1. The minimum absolute atomic E-state index is 0.0960. The summed E-state index contributed by atoms with van der Waals surface area (Å²) in [5, 5.41) is 5.38. The van der Waals surface area contributed by atoms with Crippen LogP contribution in [0.4, 0.5) is 4.39 Å². The molecule has 2 rings (SSSR count). The van der Waals surface area contributed by atoms with E-state index < -0.39 is 0 Å². The second-order valence-corrected chi connectivity index (χ2v) is 6.03. The molecule has 27 heavy (non-hydrogen) atoms. The highest BCUT2D eigenvalue weighted by Crippen LogP contribution is 2.20. The largest absolute Gasteiger partial charge is 0.496 e. The van der Waals surface area contributed by atoms with Crippen molar-refractivity contribution in [1.29, 1.82) is 0 Å². The molecule has 5 nitrogen and oxygen atoms in total. The molecule has 0 aromatic heterocycles. The molecule has 0 aliphatic heterocycles. The Morgan fingerprint density at radius 1 is 1.11 bits per heavy atom. The van der Waals surface area contributed by atoms with Gasteiger partial charge in [0.25, 0.3) is 0 Å². The quantitative estimate of drug-likeness (QED) is 0.555. The molecule has 0 fully saturated rings. The summed E-state index contributed by atoms with van der Waals surface area (Å²) in [6, 6.07) is 11.6. The average Bonchev–Trinajstić information content (AvgIpc) is 2.63. The average molecular weight is 370 g/mol. The van der Waals surface area contributed by atoms with Crippen LogP contribution in [0.25, 0.3) is 6.08 Å². The van der Waals surface area contributed by atoms with Crippen LogP contribution in [0.3, 0.4) is 0 Å². The number of amides is 2. The first-order valence-electron chi connectivity index (χ1n) is 8.59. The van der Waals surface area contributed by atoms with Crippen molar-refractivity contribution in [3.8, 4) is 5.75 Å². The SMILES string of the molecule is COc1ccc(C)cc1/C=C/C(=O)NCCNC(=O)Cc1cccc(F)c1. The summed E-state index contributed by atoms with van der Waals surface area (Å²) in [6.45, 7) is 2.55. The number of ether oxygens (including phenoxy) is 1. The molecule has 0 bridgehead atoms. The first-order chi connectivity index (χ1) is 13.0. The maximum absolute atomic E-state index is 13.1. The minimum Gasteiger partial charge on any atom is -0.496 e. The van der Waals surface area contributed by atoms with Crippen LogP contribution in [-0.2, 0) is 16.0 Å². The van der Waals surface area contributed by atoms with Crippen LogP contribution in [0.1, 0.15) is 16.7 Å². The molecule has 0 radical (unpaired) electrons. The van der Waals surface area contributed by atoms with Gasteiger partial charge in [0, 0.05) is 24.7 Å². The second kappa shape index (κ2) is 10.1. The van der Waals surface area contributed by atoms with Crippen molar-refractivity contribution < 1.29 is 18.7 Å². The number of nitrogens with one attached hydrogen (secondary N) is 2. The molecule has 0 saturated heterocycles. The normalized spacial score (nSPS) is 10.6. The summed E-state index contributed by atoms with van der Waals surface area (Å²) >= 11 is 0. The van der Waals surface area contributed by atoms with Gasteiger partial charge in [0.15, 0.2) is 0 Å². The number of aryl methyl sites for hydroxylation is 1. The van der Waals surface area contributed by atoms with Crippen LogP contribution in [0.15, 0.2) is 48.5 Å². The van der Waals surface area contributed by atoms with Gasteiger partial charge >= 0.3 is 0 Å². The Labute approximate surface area is 158 Å². The first kappa shape index (κ1) is 20.2. The number of benzene rings is 2. The van der Waals surface area contributed by atoms with Gasteiger partial charge in [-0.1, -0.05) is 23.8 Å². The monoisotopic (exact) mass is 370 g/mol. The van der Waals surface area contributed by atoms with Gasteiger partial charge in [-0.15, -0.1) is 0 Å². The van der Waals surface area contributed by atoms with Crippen molar-refractivity contribution in [3.63, 3.8) is 0 Å². The van der Waals surface area contributed by atoms with Gasteiger partial charge in [-0.2, -0.15) is 0 Å². The predicted molar refractivity (Wildman–Crippen MR) is 103 cm³/mol. The van der Waals surface area contributed by atoms with E-state index in [1.54, 1.807) is 25.3 Å². The molecule has 0 atom stereocenters. The summed E-state index contributed by atoms with van der Waals surface area (Å²) in [6.07, 6.45) is 3.20. The summed E-state index contributed by atoms with van der Waals surface area (Å²) in [5.74, 6) is -0.174. The van der Waals surface area contributed by atoms with E-state index in [0.29, 0.717) is 24.4 Å². The smallest absolute Gasteiger partial charge is 0.244 e. The van der Waals surface area contributed by atoms with E-state index in [0.717, 1.165) is 11.1 Å². The van der Waals surface area contributed by atoms with Crippen LogP contribution in [-0.4, -0.2) is 32.0 Å². The van der Waals surface area contributed by atoms with Gasteiger partial charge in [-0.25, -0.2) is 4.39 Å². The van der Waals surface area contributed by atoms with Gasteiger partial charge in [-0.05, 0) is 42.8 Å². The summed E-state index contributed by atoms with van der Waals surface area (Å²) in [7, 11) is 1.58. The highest BCUT2D eigenvalue weighted by Gasteiger charge is 2.04. The Morgan fingerprint density at radius 3 is 2.63 bits per heavy atom. The van der Waals surface area contributed by atoms with Crippen LogP contribution in [0.5, 0.6) is 5.75 Å². The van der Waals surface area contributed by atoms with Crippen molar-refractivity contribution in [2.45, 2.75) is 13.3 Å². The fourth-order valence-corrected chi connectivity index (χ4v) is 2.49. The molecule has 0 unspecified atom stereocenters. The Bertz CT molecular complexity index is 834. The van der Waals surface area contributed by atoms with E-state index in [9.17, 15) is 14.0 Å². The first-order valence-corrected chi connectivity index (χ1v) is 8.59. The highest BCUT2D eigenvalue weighted by atomic mass is 19.1. The molecule has 0 aliphatic rings. The molecule has 0 heterocycles. The Morgan fingerprint density at radius 2 is 1.89 bits per heavy atom. The van der Waals surface area contributed by atoms with Gasteiger partial charge < -0.3 is 15.4 Å². The number of carbonyl (C=O) groups excluding carboxylic acids is 2. The maximum atomic E-state index is 13.1. The van der Waals surface area contributed by atoms with Crippen LogP contribution >= 0.6 is 0 Å². The number of carbonyl (C=O) groups is 2. The van der Waals surface area contributed by atoms with E-state index in [1.165, 1.54) is 18.2 Å². The third-order valence-corrected chi connectivity index (χ3v) is 3.80. The highest BCUT2D eigenvalue weighted by molar-refractivity contribution is 5.92. The van der Waals surface area contributed by atoms with E-state index in [4.69, 9.17) is 4.74 Å². The van der Waals surface area contributed by atoms with Crippen LogP contribution in [0.2, 0.25) is 0 Å². The third-order valence-electron chi connectivity index (χ3n) is 3.80. The number of halogens is 1. The molecule has 2 aromatic rings. The van der Waals surface area contributed by atoms with Crippen LogP contribution in [0, 0.1) is 12.7 Å². The molecule has 2 amide bonds. The van der Waals surface area contributed by atoms with Crippen LogP contribution < -0.4 is 15.4 Å². The van der Waals surface area contributed by atoms with Crippen molar-refractivity contribution in [2.75, 3.05) is 20.2 Å². The lowest BCUT2D eigenvalue weighted by Gasteiger charge is -2.07. The molecular formula is C21H23FN2O3. The second-order valence-electron chi connectivity index (χ2n) is 6.03. The minimum atomic E-state index is -0.371. The van der Waals surface area contributed by atoms with Crippen molar-refractivity contribution >= 4 is 17.9 Å². The lowest BCUT2D eigenvalue weighted by Crippen LogP contribution is -2.34. The Kier molecular flexibility index (Phi) is 7.55. The zero-order valence-electron chi connectivity index (χ0n) is 15.4. The maximum Gasteiger partial charge on any atom is 0.244 e. The van der Waals surface area contributed by atoms with Crippen molar-refractivity contribution in [2.24, 2.45) is 0 Å². The van der Waals surface area contributed by atoms with Gasteiger partial charge in [0.1, 0.15) is 11.6 Å². The Hall–Kier alpha value is -3.15. The summed E-state index contributed by atoms with van der Waals surface area (Å²) < 4.78 is 18.3. The summed E-state index contributed by atoms with van der Waals surface area (Å²) in [5.41, 5.74) is 2.49. The van der Waals surface area contributed by atoms with Crippen molar-refractivity contribution in [3.05, 3.63) is 71.0 Å². The van der Waals surface area contributed by atoms with E-state index in [2.05, 4.69) is 10.6 Å². The topological polar surface area (TPSA) is 67.4 Å². The fourth-order valence-electron chi connectivity index (χ4n) is 2.49. The molecule has 6 heteroatoms. The summed E-state index contributed by atoms with van der Waals surface area (Å²) in [4.78, 5) is 23.7. The van der Waals surface area contributed by atoms with E-state index in [1.807, 2.05) is 25.1 Å². The number of methoxy groups -OCH3 is 1. The van der Waals surface area contributed by atoms with E-state index in [-0.39, 0.29) is 24.1 Å². The third kappa shape index (κ3) is 6.93. The van der Waals surface area contributed by atoms with Gasteiger partial charge in [-0.3, -0.25) is 9.59 Å². The zero-order valence-corrected chi connectivity index (χ0v) is 15.4.